The molecule has 3 aromatic rings. The summed E-state index contributed by atoms with van der Waals surface area (Å²) in [4.78, 5) is 4.68. The quantitative estimate of drug-likeness (QED) is 0.0970. The summed E-state index contributed by atoms with van der Waals surface area (Å²) in [5.41, 5.74) is 4.55. The Labute approximate surface area is 252 Å². The van der Waals surface area contributed by atoms with Gasteiger partial charge in [-0.05, 0) is 49.4 Å². The van der Waals surface area contributed by atoms with Crippen molar-refractivity contribution in [2.75, 3.05) is 12.4 Å². The largest absolute Gasteiger partial charge is 0.495 e. The average Bonchev–Trinajstić information content (AvgIpc) is 3.40. The molecular formula is C34H52N4O2S. The van der Waals surface area contributed by atoms with Crippen LogP contribution in [0.4, 0.5) is 16.5 Å². The number of aryl methyl sites for hydroxylation is 1. The summed E-state index contributed by atoms with van der Waals surface area (Å²) >= 11 is 1.56. The maximum Gasteiger partial charge on any atom is 0.231 e. The molecule has 1 heterocycles. The Morgan fingerprint density at radius 1 is 0.854 bits per heavy atom. The Morgan fingerprint density at radius 3 is 2.22 bits per heavy atom. The van der Waals surface area contributed by atoms with E-state index in [1.165, 1.54) is 82.6 Å². The summed E-state index contributed by atoms with van der Waals surface area (Å²) in [5.74, 6) is 0.718. The highest BCUT2D eigenvalue weighted by atomic mass is 32.1. The first kappa shape index (κ1) is 33.0. The lowest BCUT2D eigenvalue weighted by atomic mass is 10.0. The van der Waals surface area contributed by atoms with E-state index in [-0.39, 0.29) is 6.61 Å². The van der Waals surface area contributed by atoms with E-state index in [2.05, 4.69) is 59.5 Å². The van der Waals surface area contributed by atoms with Gasteiger partial charge in [0.1, 0.15) is 5.75 Å². The van der Waals surface area contributed by atoms with Crippen LogP contribution in [0.15, 0.2) is 40.6 Å². The molecule has 0 atom stereocenters. The van der Waals surface area contributed by atoms with Crippen LogP contribution in [-0.4, -0.2) is 23.2 Å². The number of hydrogen-bond donors (Lipinski definition) is 2. The number of methoxy groups -OCH3 is 1. The topological polar surface area (TPSA) is 79.1 Å². The second-order valence-electron chi connectivity index (χ2n) is 11.2. The normalized spacial score (nSPS) is 11.8. The van der Waals surface area contributed by atoms with Crippen molar-refractivity contribution >= 4 is 38.1 Å². The third-order valence-corrected chi connectivity index (χ3v) is 8.65. The second kappa shape index (κ2) is 18.8. The smallest absolute Gasteiger partial charge is 0.231 e. The van der Waals surface area contributed by atoms with Crippen molar-refractivity contribution in [1.82, 2.24) is 4.98 Å². The third kappa shape index (κ3) is 11.0. The highest BCUT2D eigenvalue weighted by Gasteiger charge is 2.15. The Balaban J connectivity index is 1.71. The predicted molar refractivity (Wildman–Crippen MR) is 175 cm³/mol. The molecule has 0 radical (unpaired) electrons. The van der Waals surface area contributed by atoms with E-state index < -0.39 is 0 Å². The minimum absolute atomic E-state index is 0.120. The Hall–Kier alpha value is -2.51. The fraction of sp³-hybridized carbons (Fsp3) is 0.618. The Kier molecular flexibility index (Phi) is 15.2. The lowest BCUT2D eigenvalue weighted by molar-refractivity contribution is 0.282. The van der Waals surface area contributed by atoms with Crippen LogP contribution < -0.4 is 10.1 Å². The molecule has 0 unspecified atom stereocenters. The van der Waals surface area contributed by atoms with E-state index in [1.807, 2.05) is 12.1 Å². The predicted octanol–water partition coefficient (Wildman–Crippen LogP) is 11.1. The number of azo groups is 1. The van der Waals surface area contributed by atoms with Gasteiger partial charge in [0.25, 0.3) is 0 Å². The van der Waals surface area contributed by atoms with Crippen molar-refractivity contribution in [2.45, 2.75) is 130 Å². The van der Waals surface area contributed by atoms with E-state index in [1.54, 1.807) is 18.4 Å². The first-order chi connectivity index (χ1) is 20.1. The summed E-state index contributed by atoms with van der Waals surface area (Å²) in [7, 11) is 1.68. The van der Waals surface area contributed by atoms with E-state index in [4.69, 9.17) is 4.74 Å². The van der Waals surface area contributed by atoms with Crippen molar-refractivity contribution in [3.63, 3.8) is 0 Å². The highest BCUT2D eigenvalue weighted by Crippen LogP contribution is 2.36. The number of fused-ring (bicyclic) bond motifs is 1. The SMILES string of the molecule is CCCCCCCCc1ccc2nc(N=Nc3cc(OC)c(NC(CCCCC)CCCCC)cc3CO)sc2c1. The van der Waals surface area contributed by atoms with Gasteiger partial charge < -0.3 is 15.2 Å². The summed E-state index contributed by atoms with van der Waals surface area (Å²) < 4.78 is 6.89. The molecule has 3 rings (SSSR count). The summed E-state index contributed by atoms with van der Waals surface area (Å²) in [6.45, 7) is 6.62. The van der Waals surface area contributed by atoms with Gasteiger partial charge in [0.05, 0.1) is 35.3 Å². The summed E-state index contributed by atoms with van der Waals surface area (Å²) in [6, 6.07) is 10.8. The number of thiazole rings is 1. The molecule has 0 amide bonds. The monoisotopic (exact) mass is 580 g/mol. The minimum atomic E-state index is -0.120. The molecule has 41 heavy (non-hydrogen) atoms. The van der Waals surface area contributed by atoms with E-state index in [9.17, 15) is 5.11 Å². The number of rotatable bonds is 21. The van der Waals surface area contributed by atoms with Crippen LogP contribution >= 0.6 is 11.3 Å². The van der Waals surface area contributed by atoms with Gasteiger partial charge in [0.2, 0.25) is 5.13 Å². The summed E-state index contributed by atoms with van der Waals surface area (Å²) in [6.07, 6.45) is 18.6. The van der Waals surface area contributed by atoms with Crippen molar-refractivity contribution in [2.24, 2.45) is 10.2 Å². The number of nitrogens with zero attached hydrogens (tertiary/aromatic N) is 3. The number of benzene rings is 2. The van der Waals surface area contributed by atoms with Gasteiger partial charge >= 0.3 is 0 Å². The van der Waals surface area contributed by atoms with Crippen LogP contribution in [0.1, 0.15) is 122 Å². The molecule has 0 aliphatic carbocycles. The Bertz CT molecular complexity index is 1180. The molecule has 0 saturated heterocycles. The highest BCUT2D eigenvalue weighted by molar-refractivity contribution is 7.21. The van der Waals surface area contributed by atoms with Crippen molar-refractivity contribution in [1.29, 1.82) is 0 Å². The molecule has 226 valence electrons. The lowest BCUT2D eigenvalue weighted by Crippen LogP contribution is -2.20. The minimum Gasteiger partial charge on any atom is -0.495 e. The standard InChI is InChI=1S/C34H52N4O2S/c1-5-8-11-12-13-16-17-26-20-21-29-33(22-26)41-34(36-29)38-37-30-24-32(40-4)31(23-27(30)25-39)35-28(18-14-9-6-2)19-15-10-7-3/h20-24,28,35,39H,5-19,25H2,1-4H3. The Morgan fingerprint density at radius 2 is 1.54 bits per heavy atom. The van der Waals surface area contributed by atoms with Gasteiger partial charge in [-0.1, -0.05) is 109 Å². The van der Waals surface area contributed by atoms with Crippen molar-refractivity contribution in [3.05, 3.63) is 41.5 Å². The number of aromatic nitrogens is 1. The van der Waals surface area contributed by atoms with Gasteiger partial charge in [0.15, 0.2) is 0 Å². The second-order valence-corrected chi connectivity index (χ2v) is 12.2. The maximum absolute atomic E-state index is 10.2. The molecule has 0 bridgehead atoms. The zero-order valence-electron chi connectivity index (χ0n) is 25.9. The number of ether oxygens (including phenoxy) is 1. The zero-order valence-corrected chi connectivity index (χ0v) is 26.7. The number of aliphatic hydroxyl groups is 1. The zero-order chi connectivity index (χ0) is 29.3. The van der Waals surface area contributed by atoms with Gasteiger partial charge in [-0.15, -0.1) is 10.2 Å². The molecule has 0 saturated carbocycles. The molecule has 2 N–H and O–H groups in total. The van der Waals surface area contributed by atoms with Crippen LogP contribution in [0.25, 0.3) is 10.2 Å². The molecule has 0 fully saturated rings. The van der Waals surface area contributed by atoms with Crippen molar-refractivity contribution in [3.8, 4) is 5.75 Å². The van der Waals surface area contributed by atoms with Gasteiger partial charge in [0, 0.05) is 17.7 Å². The first-order valence-corrected chi connectivity index (χ1v) is 16.8. The number of anilines is 1. The van der Waals surface area contributed by atoms with E-state index in [0.717, 1.165) is 46.5 Å². The van der Waals surface area contributed by atoms with Crippen LogP contribution in [0.5, 0.6) is 5.75 Å². The molecule has 0 aliphatic rings. The van der Waals surface area contributed by atoms with E-state index >= 15 is 0 Å². The molecule has 0 aliphatic heterocycles. The van der Waals surface area contributed by atoms with Gasteiger partial charge in [-0.2, -0.15) is 0 Å². The third-order valence-electron chi connectivity index (χ3n) is 7.75. The van der Waals surface area contributed by atoms with Crippen molar-refractivity contribution < 1.29 is 9.84 Å². The molecule has 1 aromatic heterocycles. The molecule has 7 heteroatoms. The average molecular weight is 581 g/mol. The van der Waals surface area contributed by atoms with Crippen LogP contribution in [-0.2, 0) is 13.0 Å². The fourth-order valence-electron chi connectivity index (χ4n) is 5.27. The van der Waals surface area contributed by atoms with Gasteiger partial charge in [-0.3, -0.25) is 0 Å². The molecule has 6 nitrogen and oxygen atoms in total. The fourth-order valence-corrected chi connectivity index (χ4v) is 6.12. The van der Waals surface area contributed by atoms with Gasteiger partial charge in [-0.25, -0.2) is 4.98 Å². The molecular weight excluding hydrogens is 528 g/mol. The van der Waals surface area contributed by atoms with Crippen LogP contribution in [0.2, 0.25) is 0 Å². The number of hydrogen-bond acceptors (Lipinski definition) is 7. The molecule has 0 spiro atoms. The first-order valence-electron chi connectivity index (χ1n) is 16.0. The number of aliphatic hydroxyl groups excluding tert-OH is 1. The number of nitrogens with one attached hydrogen (secondary N) is 1. The van der Waals surface area contributed by atoms with Crippen LogP contribution in [0, 0.1) is 0 Å². The lowest BCUT2D eigenvalue weighted by Gasteiger charge is -2.22. The number of unbranched alkanes of at least 4 members (excludes halogenated alkanes) is 9. The van der Waals surface area contributed by atoms with E-state index in [0.29, 0.717) is 16.9 Å². The summed E-state index contributed by atoms with van der Waals surface area (Å²) in [5, 5.41) is 23.5. The van der Waals surface area contributed by atoms with Crippen LogP contribution in [0.3, 0.4) is 0 Å². The maximum atomic E-state index is 10.2. The molecule has 2 aromatic carbocycles.